The summed E-state index contributed by atoms with van der Waals surface area (Å²) in [6.45, 7) is 0. The topological polar surface area (TPSA) is 53.2 Å². The molecule has 0 aromatic heterocycles. The average Bonchev–Trinajstić information content (AvgIpc) is 2.32. The van der Waals surface area contributed by atoms with Gasteiger partial charge in [-0.25, -0.2) is 0 Å². The summed E-state index contributed by atoms with van der Waals surface area (Å²) in [4.78, 5) is 0. The summed E-state index contributed by atoms with van der Waals surface area (Å²) in [5, 5.41) is 18.5. The van der Waals surface area contributed by atoms with Gasteiger partial charge in [-0.05, 0) is 37.5 Å². The van der Waals surface area contributed by atoms with Crippen LogP contribution in [0.3, 0.4) is 0 Å². The van der Waals surface area contributed by atoms with Crippen molar-refractivity contribution in [2.75, 3.05) is 0 Å². The summed E-state index contributed by atoms with van der Waals surface area (Å²) in [6.07, 6.45) is 3.36. The predicted octanol–water partition coefficient (Wildman–Crippen LogP) is 2.24. The third kappa shape index (κ3) is 2.53. The standard InChI is InChI=1S/C13H15NO2/c14-9-10-4-3-5-11(8-10)16-13-7-2-1-6-12(13)15/h3-5,8,12-13,15H,1-2,6-7H2. The van der Waals surface area contributed by atoms with E-state index in [1.165, 1.54) is 0 Å². The number of rotatable bonds is 2. The molecule has 3 nitrogen and oxygen atoms in total. The first-order chi connectivity index (χ1) is 7.79. The van der Waals surface area contributed by atoms with Crippen LogP contribution < -0.4 is 4.74 Å². The van der Waals surface area contributed by atoms with Gasteiger partial charge in [0, 0.05) is 0 Å². The van der Waals surface area contributed by atoms with Crippen LogP contribution in [0.15, 0.2) is 24.3 Å². The van der Waals surface area contributed by atoms with Crippen molar-refractivity contribution in [3.8, 4) is 11.8 Å². The van der Waals surface area contributed by atoms with Gasteiger partial charge in [0.1, 0.15) is 11.9 Å². The molecule has 1 aromatic carbocycles. The molecule has 0 saturated heterocycles. The van der Waals surface area contributed by atoms with Crippen molar-refractivity contribution in [2.24, 2.45) is 0 Å². The van der Waals surface area contributed by atoms with Gasteiger partial charge in [-0.15, -0.1) is 0 Å². The molecule has 0 heterocycles. The third-order valence-corrected chi connectivity index (χ3v) is 2.92. The zero-order chi connectivity index (χ0) is 11.4. The lowest BCUT2D eigenvalue weighted by atomic mass is 9.95. The smallest absolute Gasteiger partial charge is 0.124 e. The highest BCUT2D eigenvalue weighted by molar-refractivity contribution is 5.36. The number of benzene rings is 1. The second kappa shape index (κ2) is 5.00. The van der Waals surface area contributed by atoms with Crippen molar-refractivity contribution in [1.29, 1.82) is 5.26 Å². The van der Waals surface area contributed by atoms with Crippen molar-refractivity contribution in [1.82, 2.24) is 0 Å². The summed E-state index contributed by atoms with van der Waals surface area (Å²) < 4.78 is 5.71. The lowest BCUT2D eigenvalue weighted by Gasteiger charge is -2.28. The first kappa shape index (κ1) is 11.0. The third-order valence-electron chi connectivity index (χ3n) is 2.92. The van der Waals surface area contributed by atoms with Crippen LogP contribution in [-0.4, -0.2) is 17.3 Å². The van der Waals surface area contributed by atoms with Crippen LogP contribution in [0, 0.1) is 11.3 Å². The second-order valence-corrected chi connectivity index (χ2v) is 4.15. The molecular formula is C13H15NO2. The Kier molecular flexibility index (Phi) is 3.43. The molecule has 16 heavy (non-hydrogen) atoms. The van der Waals surface area contributed by atoms with Gasteiger partial charge in [0.15, 0.2) is 0 Å². The summed E-state index contributed by atoms with van der Waals surface area (Å²) in [5.74, 6) is 0.671. The largest absolute Gasteiger partial charge is 0.488 e. The van der Waals surface area contributed by atoms with E-state index >= 15 is 0 Å². The maximum atomic E-state index is 9.77. The monoisotopic (exact) mass is 217 g/mol. The zero-order valence-corrected chi connectivity index (χ0v) is 9.10. The van der Waals surface area contributed by atoms with Crippen LogP contribution in [0.25, 0.3) is 0 Å². The van der Waals surface area contributed by atoms with Crippen LogP contribution in [0.1, 0.15) is 31.2 Å². The van der Waals surface area contributed by atoms with Crippen LogP contribution in [-0.2, 0) is 0 Å². The number of aliphatic hydroxyl groups is 1. The Hall–Kier alpha value is -1.53. The first-order valence-corrected chi connectivity index (χ1v) is 5.64. The summed E-state index contributed by atoms with van der Waals surface area (Å²) in [6, 6.07) is 9.14. The van der Waals surface area contributed by atoms with Gasteiger partial charge in [-0.2, -0.15) is 5.26 Å². The van der Waals surface area contributed by atoms with Gasteiger partial charge in [0.05, 0.1) is 17.7 Å². The normalized spacial score (nSPS) is 24.8. The Labute approximate surface area is 95.3 Å². The summed E-state index contributed by atoms with van der Waals surface area (Å²) in [7, 11) is 0. The fourth-order valence-electron chi connectivity index (χ4n) is 2.03. The van der Waals surface area contributed by atoms with Gasteiger partial charge >= 0.3 is 0 Å². The molecule has 2 unspecified atom stereocenters. The molecule has 0 radical (unpaired) electrons. The lowest BCUT2D eigenvalue weighted by Crippen LogP contribution is -2.34. The molecule has 2 rings (SSSR count). The Bertz CT molecular complexity index is 397. The SMILES string of the molecule is N#Cc1cccc(OC2CCCCC2O)c1. The molecule has 1 aliphatic rings. The predicted molar refractivity (Wildman–Crippen MR) is 60.0 cm³/mol. The number of aliphatic hydroxyl groups excluding tert-OH is 1. The number of ether oxygens (including phenoxy) is 1. The van der Waals surface area contributed by atoms with Crippen molar-refractivity contribution < 1.29 is 9.84 Å². The van der Waals surface area contributed by atoms with Gasteiger partial charge in [-0.1, -0.05) is 12.5 Å². The molecule has 3 heteroatoms. The number of nitriles is 1. The summed E-state index contributed by atoms with van der Waals surface area (Å²) >= 11 is 0. The van der Waals surface area contributed by atoms with Crippen molar-refractivity contribution in [2.45, 2.75) is 37.9 Å². The van der Waals surface area contributed by atoms with E-state index in [9.17, 15) is 5.11 Å². The van der Waals surface area contributed by atoms with Crippen LogP contribution in [0.2, 0.25) is 0 Å². The van der Waals surface area contributed by atoms with E-state index in [-0.39, 0.29) is 12.2 Å². The van der Waals surface area contributed by atoms with Gasteiger partial charge < -0.3 is 9.84 Å². The van der Waals surface area contributed by atoms with E-state index in [1.54, 1.807) is 18.2 Å². The minimum absolute atomic E-state index is 0.123. The Balaban J connectivity index is 2.05. The Morgan fingerprint density at radius 2 is 2.12 bits per heavy atom. The molecule has 1 aromatic rings. The van der Waals surface area contributed by atoms with E-state index in [4.69, 9.17) is 10.00 Å². The Morgan fingerprint density at radius 1 is 1.31 bits per heavy atom. The van der Waals surface area contributed by atoms with E-state index in [0.717, 1.165) is 25.7 Å². The van der Waals surface area contributed by atoms with Crippen LogP contribution in [0.4, 0.5) is 0 Å². The number of hydrogen-bond acceptors (Lipinski definition) is 3. The van der Waals surface area contributed by atoms with Gasteiger partial charge in [0.25, 0.3) is 0 Å². The van der Waals surface area contributed by atoms with E-state index in [2.05, 4.69) is 6.07 Å². The minimum Gasteiger partial charge on any atom is -0.488 e. The molecule has 1 fully saturated rings. The highest BCUT2D eigenvalue weighted by atomic mass is 16.5. The second-order valence-electron chi connectivity index (χ2n) is 4.15. The lowest BCUT2D eigenvalue weighted by molar-refractivity contribution is 0.00686. The van der Waals surface area contributed by atoms with E-state index in [0.29, 0.717) is 11.3 Å². The fraction of sp³-hybridized carbons (Fsp3) is 0.462. The highest BCUT2D eigenvalue weighted by Gasteiger charge is 2.24. The molecule has 0 bridgehead atoms. The molecule has 84 valence electrons. The molecule has 0 aliphatic heterocycles. The van der Waals surface area contributed by atoms with E-state index in [1.807, 2.05) is 6.07 Å². The van der Waals surface area contributed by atoms with Crippen molar-refractivity contribution in [3.05, 3.63) is 29.8 Å². The van der Waals surface area contributed by atoms with Crippen molar-refractivity contribution in [3.63, 3.8) is 0 Å². The molecule has 2 atom stereocenters. The van der Waals surface area contributed by atoms with E-state index < -0.39 is 0 Å². The zero-order valence-electron chi connectivity index (χ0n) is 9.10. The molecule has 1 N–H and O–H groups in total. The van der Waals surface area contributed by atoms with Crippen LogP contribution >= 0.6 is 0 Å². The highest BCUT2D eigenvalue weighted by Crippen LogP contribution is 2.24. The minimum atomic E-state index is -0.375. The fourth-order valence-corrected chi connectivity index (χ4v) is 2.03. The molecule has 1 saturated carbocycles. The molecule has 0 amide bonds. The van der Waals surface area contributed by atoms with Gasteiger partial charge in [0.2, 0.25) is 0 Å². The maximum Gasteiger partial charge on any atom is 0.124 e. The van der Waals surface area contributed by atoms with Crippen LogP contribution in [0.5, 0.6) is 5.75 Å². The quantitative estimate of drug-likeness (QED) is 0.826. The first-order valence-electron chi connectivity index (χ1n) is 5.64. The summed E-state index contributed by atoms with van der Waals surface area (Å²) in [5.41, 5.74) is 0.586. The molecular weight excluding hydrogens is 202 g/mol. The average molecular weight is 217 g/mol. The number of nitrogens with zero attached hydrogens (tertiary/aromatic N) is 1. The maximum absolute atomic E-state index is 9.77. The Morgan fingerprint density at radius 3 is 2.88 bits per heavy atom. The van der Waals surface area contributed by atoms with Gasteiger partial charge in [-0.3, -0.25) is 0 Å². The molecule has 0 spiro atoms. The number of hydrogen-bond donors (Lipinski definition) is 1. The van der Waals surface area contributed by atoms with Crippen molar-refractivity contribution >= 4 is 0 Å². The molecule has 1 aliphatic carbocycles.